The lowest BCUT2D eigenvalue weighted by atomic mass is 9.90. The molecule has 1 aromatic heterocycles. The number of carbonyl (C=O) groups excluding carboxylic acids is 5. The summed E-state index contributed by atoms with van der Waals surface area (Å²) in [7, 11) is -1.66. The van der Waals surface area contributed by atoms with Gasteiger partial charge in [-0.2, -0.15) is 0 Å². The van der Waals surface area contributed by atoms with E-state index >= 15 is 8.78 Å². The number of hydrogen-bond acceptors (Lipinski definition) is 9. The summed E-state index contributed by atoms with van der Waals surface area (Å²) in [6, 6.07) is 6.74. The predicted octanol–water partition coefficient (Wildman–Crippen LogP) is 5.51. The predicted molar refractivity (Wildman–Crippen MR) is 202 cm³/mol. The molecule has 2 N–H and O–H groups in total. The Labute approximate surface area is 319 Å². The number of rotatable bonds is 15. The van der Waals surface area contributed by atoms with Gasteiger partial charge in [0, 0.05) is 52.9 Å². The SMILES string of the molecule is COc1ccc2c(c1F)C(=O)N(CC1(c3cc4cc([C@]5(C)NC(=O)N(COCC[Si](C)(C)C)C5=O)c(F)cc4o3)NC(=O)N(COCC[Si](C)(C)C)C1=O)C2. The minimum atomic E-state index is -2.04. The highest BCUT2D eigenvalue weighted by Crippen LogP contribution is 2.40. The average molecular weight is 800 g/mol. The van der Waals surface area contributed by atoms with E-state index in [4.69, 9.17) is 18.6 Å². The third-order valence-corrected chi connectivity index (χ3v) is 13.6. The summed E-state index contributed by atoms with van der Waals surface area (Å²) in [4.78, 5) is 71.2. The molecule has 18 heteroatoms. The second-order valence-corrected chi connectivity index (χ2v) is 28.1. The zero-order valence-corrected chi connectivity index (χ0v) is 34.3. The molecule has 55 heavy (non-hydrogen) atoms. The van der Waals surface area contributed by atoms with Crippen LogP contribution in [-0.2, 0) is 36.7 Å². The van der Waals surface area contributed by atoms with Gasteiger partial charge < -0.3 is 34.2 Å². The zero-order chi connectivity index (χ0) is 40.2. The van der Waals surface area contributed by atoms with Gasteiger partial charge in [-0.15, -0.1) is 0 Å². The van der Waals surface area contributed by atoms with Crippen molar-refractivity contribution in [1.82, 2.24) is 25.3 Å². The summed E-state index contributed by atoms with van der Waals surface area (Å²) in [6.45, 7) is 13.8. The van der Waals surface area contributed by atoms with E-state index in [1.165, 1.54) is 37.1 Å². The van der Waals surface area contributed by atoms with Crippen LogP contribution in [0.5, 0.6) is 5.75 Å². The molecular formula is C37H47F2N5O9Si2. The molecule has 2 saturated heterocycles. The van der Waals surface area contributed by atoms with Crippen molar-refractivity contribution in [1.29, 1.82) is 0 Å². The second-order valence-electron chi connectivity index (χ2n) is 16.8. The minimum Gasteiger partial charge on any atom is -0.494 e. The molecule has 3 aromatic rings. The highest BCUT2D eigenvalue weighted by molar-refractivity contribution is 6.76. The first-order valence-electron chi connectivity index (χ1n) is 18.0. The Morgan fingerprint density at radius 2 is 1.44 bits per heavy atom. The molecular weight excluding hydrogens is 753 g/mol. The van der Waals surface area contributed by atoms with Gasteiger partial charge in [-0.1, -0.05) is 45.3 Å². The van der Waals surface area contributed by atoms with Crippen molar-refractivity contribution in [2.75, 3.05) is 40.3 Å². The Bertz CT molecular complexity index is 2080. The smallest absolute Gasteiger partial charge is 0.327 e. The Morgan fingerprint density at radius 1 is 0.836 bits per heavy atom. The molecule has 14 nitrogen and oxygen atoms in total. The van der Waals surface area contributed by atoms with Gasteiger partial charge in [-0.05, 0) is 42.8 Å². The van der Waals surface area contributed by atoms with Crippen LogP contribution in [0, 0.1) is 11.6 Å². The van der Waals surface area contributed by atoms with Crippen LogP contribution in [0.15, 0.2) is 34.7 Å². The monoisotopic (exact) mass is 799 g/mol. The van der Waals surface area contributed by atoms with Crippen LogP contribution in [0.2, 0.25) is 51.4 Å². The average Bonchev–Trinajstić information content (AvgIpc) is 3.78. The second kappa shape index (κ2) is 14.4. The Balaban J connectivity index is 1.33. The fourth-order valence-corrected chi connectivity index (χ4v) is 8.30. The molecule has 2 aromatic carbocycles. The van der Waals surface area contributed by atoms with Crippen molar-refractivity contribution in [2.24, 2.45) is 0 Å². The molecule has 0 radical (unpaired) electrons. The molecule has 0 saturated carbocycles. The number of nitrogens with one attached hydrogen (secondary N) is 2. The van der Waals surface area contributed by atoms with Crippen LogP contribution >= 0.6 is 0 Å². The van der Waals surface area contributed by atoms with E-state index in [-0.39, 0.29) is 53.6 Å². The lowest BCUT2D eigenvalue weighted by Gasteiger charge is -2.29. The lowest BCUT2D eigenvalue weighted by molar-refractivity contribution is -0.136. The van der Waals surface area contributed by atoms with Crippen LogP contribution in [0.25, 0.3) is 11.0 Å². The van der Waals surface area contributed by atoms with Crippen molar-refractivity contribution < 1.29 is 51.4 Å². The molecule has 3 aliphatic rings. The van der Waals surface area contributed by atoms with Gasteiger partial charge >= 0.3 is 12.1 Å². The maximum atomic E-state index is 16.0. The van der Waals surface area contributed by atoms with Gasteiger partial charge in [0.2, 0.25) is 0 Å². The summed E-state index contributed by atoms with van der Waals surface area (Å²) in [5.74, 6) is -4.27. The number of hydrogen-bond donors (Lipinski definition) is 2. The molecule has 2 fully saturated rings. The van der Waals surface area contributed by atoms with E-state index < -0.39 is 75.2 Å². The van der Waals surface area contributed by atoms with Crippen LogP contribution in [0.1, 0.15) is 34.2 Å². The number of nitrogens with zero attached hydrogens (tertiary/aromatic N) is 3. The number of ether oxygens (including phenoxy) is 3. The maximum absolute atomic E-state index is 16.0. The number of fused-ring (bicyclic) bond motifs is 2. The van der Waals surface area contributed by atoms with Crippen LogP contribution < -0.4 is 15.4 Å². The largest absolute Gasteiger partial charge is 0.494 e. The molecule has 4 heterocycles. The third-order valence-electron chi connectivity index (χ3n) is 10.2. The fourth-order valence-electron chi connectivity index (χ4n) is 6.78. The number of halogens is 2. The number of furan rings is 1. The van der Waals surface area contributed by atoms with E-state index in [1.54, 1.807) is 6.07 Å². The zero-order valence-electron chi connectivity index (χ0n) is 32.3. The minimum absolute atomic E-state index is 0.0405. The standard InChI is InChI=1S/C37H47F2N5O9Si2/c1-36(32(46)43(34(48)40-36)20-51-11-13-54(3,4)5)24-15-23-16-28(53-27(23)17-25(24)38)37(33(47)44(35(49)41-37)21-52-12-14-55(6,7)8)19-42-18-22-9-10-26(50-2)30(39)29(22)31(42)45/h9-10,15-17H,11-14,18-21H2,1-8H3,(H,40,48)(H,41,49)/t36-,37?/m0/s1. The first kappa shape index (κ1) is 40.0. The highest BCUT2D eigenvalue weighted by atomic mass is 28.3. The van der Waals surface area contributed by atoms with Gasteiger partial charge in [0.25, 0.3) is 17.7 Å². The molecule has 3 aliphatic heterocycles. The van der Waals surface area contributed by atoms with E-state index in [0.29, 0.717) is 18.8 Å². The molecule has 1 unspecified atom stereocenters. The molecule has 2 atom stereocenters. The van der Waals surface area contributed by atoms with Gasteiger partial charge in [-0.25, -0.2) is 28.2 Å². The topological polar surface area (TPSA) is 160 Å². The van der Waals surface area contributed by atoms with E-state index in [1.807, 2.05) is 0 Å². The summed E-state index contributed by atoms with van der Waals surface area (Å²) in [5.41, 5.74) is -3.93. The van der Waals surface area contributed by atoms with Crippen molar-refractivity contribution in [3.63, 3.8) is 0 Å². The molecule has 296 valence electrons. The van der Waals surface area contributed by atoms with Crippen LogP contribution in [0.4, 0.5) is 18.4 Å². The number of urea groups is 2. The Hall–Kier alpha value is -4.66. The van der Waals surface area contributed by atoms with E-state index in [0.717, 1.165) is 28.0 Å². The van der Waals surface area contributed by atoms with Crippen molar-refractivity contribution >= 4 is 56.9 Å². The summed E-state index contributed by atoms with van der Waals surface area (Å²) < 4.78 is 53.9. The van der Waals surface area contributed by atoms with E-state index in [2.05, 4.69) is 49.9 Å². The number of benzene rings is 2. The maximum Gasteiger partial charge on any atom is 0.327 e. The number of amides is 7. The molecule has 7 amide bonds. The van der Waals surface area contributed by atoms with E-state index in [9.17, 15) is 24.0 Å². The highest BCUT2D eigenvalue weighted by Gasteiger charge is 2.57. The van der Waals surface area contributed by atoms with Crippen molar-refractivity contribution in [3.8, 4) is 5.75 Å². The lowest BCUT2D eigenvalue weighted by Crippen LogP contribution is -2.52. The number of carbonyl (C=O) groups is 5. The van der Waals surface area contributed by atoms with Crippen LogP contribution in [0.3, 0.4) is 0 Å². The first-order valence-corrected chi connectivity index (χ1v) is 25.4. The molecule has 0 aliphatic carbocycles. The van der Waals surface area contributed by atoms with Crippen molar-refractivity contribution in [3.05, 3.63) is 64.4 Å². The Morgan fingerprint density at radius 3 is 2.04 bits per heavy atom. The summed E-state index contributed by atoms with van der Waals surface area (Å²) in [6.07, 6.45) is 0. The van der Waals surface area contributed by atoms with Gasteiger partial charge in [0.1, 0.15) is 36.2 Å². The molecule has 0 spiro atoms. The molecule has 0 bridgehead atoms. The summed E-state index contributed by atoms with van der Waals surface area (Å²) in [5, 5.41) is 5.52. The normalized spacial score (nSPS) is 21.6. The quantitative estimate of drug-likeness (QED) is 0.115. The fraction of sp³-hybridized carbons (Fsp3) is 0.486. The first-order chi connectivity index (χ1) is 25.7. The number of imide groups is 2. The Kier molecular flexibility index (Phi) is 10.5. The van der Waals surface area contributed by atoms with Gasteiger partial charge in [0.15, 0.2) is 17.1 Å². The molecule has 6 rings (SSSR count). The van der Waals surface area contributed by atoms with Gasteiger partial charge in [-0.3, -0.25) is 14.4 Å². The van der Waals surface area contributed by atoms with Crippen LogP contribution in [-0.4, -0.2) is 101 Å². The number of methoxy groups -OCH3 is 1. The summed E-state index contributed by atoms with van der Waals surface area (Å²) >= 11 is 0. The van der Waals surface area contributed by atoms with Gasteiger partial charge in [0.05, 0.1) is 19.2 Å². The van der Waals surface area contributed by atoms with Crippen molar-refractivity contribution in [2.45, 2.75) is 75.9 Å². The third kappa shape index (κ3) is 7.51.